The maximum atomic E-state index is 12.4. The van der Waals surface area contributed by atoms with Crippen LogP contribution in [-0.4, -0.2) is 11.7 Å². The Bertz CT molecular complexity index is 781. The van der Waals surface area contributed by atoms with E-state index in [1.807, 2.05) is 69.3 Å². The highest BCUT2D eigenvalue weighted by molar-refractivity contribution is 6.10. The number of carbonyl (C=O) groups is 2. The Morgan fingerprint density at radius 3 is 2.17 bits per heavy atom. The predicted molar refractivity (Wildman–Crippen MR) is 93.5 cm³/mol. The average molecular weight is 320 g/mol. The third-order valence-electron chi connectivity index (χ3n) is 3.94. The Morgan fingerprint density at radius 2 is 1.62 bits per heavy atom. The summed E-state index contributed by atoms with van der Waals surface area (Å²) in [5.41, 5.74) is 4.34. The van der Waals surface area contributed by atoms with E-state index in [2.05, 4.69) is 5.32 Å². The fourth-order valence-electron chi connectivity index (χ4n) is 2.49. The van der Waals surface area contributed by atoms with Crippen LogP contribution >= 0.6 is 0 Å². The molecule has 1 N–H and O–H groups in total. The van der Waals surface area contributed by atoms with Gasteiger partial charge >= 0.3 is 0 Å². The Balaban J connectivity index is 2.12. The SMILES string of the molecule is Cc1ccc(CC(=O)[C@@H](C#N)C(=O)Nc2c(C)cccc2C)cc1. The Labute approximate surface area is 142 Å². The molecule has 2 rings (SSSR count). The summed E-state index contributed by atoms with van der Waals surface area (Å²) in [6.45, 7) is 5.71. The molecule has 0 aliphatic heterocycles. The van der Waals surface area contributed by atoms with Crippen LogP contribution in [0.3, 0.4) is 0 Å². The summed E-state index contributed by atoms with van der Waals surface area (Å²) in [7, 11) is 0. The van der Waals surface area contributed by atoms with E-state index in [-0.39, 0.29) is 6.42 Å². The van der Waals surface area contributed by atoms with Crippen LogP contribution < -0.4 is 5.32 Å². The zero-order valence-electron chi connectivity index (χ0n) is 14.1. The molecule has 24 heavy (non-hydrogen) atoms. The molecule has 0 aliphatic carbocycles. The molecule has 0 heterocycles. The second-order valence-corrected chi connectivity index (χ2v) is 5.95. The summed E-state index contributed by atoms with van der Waals surface area (Å²) in [6.07, 6.45) is 0.0681. The van der Waals surface area contributed by atoms with E-state index in [0.717, 1.165) is 22.3 Å². The van der Waals surface area contributed by atoms with Crippen molar-refractivity contribution in [2.75, 3.05) is 5.32 Å². The highest BCUT2D eigenvalue weighted by atomic mass is 16.2. The van der Waals surface area contributed by atoms with Crippen LogP contribution in [0.4, 0.5) is 5.69 Å². The molecule has 0 saturated carbocycles. The molecule has 0 spiro atoms. The van der Waals surface area contributed by atoms with Crippen molar-refractivity contribution >= 4 is 17.4 Å². The van der Waals surface area contributed by atoms with Crippen molar-refractivity contribution in [2.24, 2.45) is 5.92 Å². The maximum Gasteiger partial charge on any atom is 0.249 e. The van der Waals surface area contributed by atoms with E-state index in [0.29, 0.717) is 5.69 Å². The Morgan fingerprint density at radius 1 is 1.04 bits per heavy atom. The topological polar surface area (TPSA) is 70.0 Å². The van der Waals surface area contributed by atoms with Gasteiger partial charge in [0.15, 0.2) is 11.7 Å². The number of nitrogens with one attached hydrogen (secondary N) is 1. The molecule has 0 fully saturated rings. The van der Waals surface area contributed by atoms with Crippen molar-refractivity contribution in [1.82, 2.24) is 0 Å². The number of aryl methyl sites for hydroxylation is 3. The zero-order valence-corrected chi connectivity index (χ0v) is 14.1. The lowest BCUT2D eigenvalue weighted by atomic mass is 9.97. The smallest absolute Gasteiger partial charge is 0.249 e. The molecule has 1 amide bonds. The summed E-state index contributed by atoms with van der Waals surface area (Å²) in [6, 6.07) is 15.0. The fraction of sp³-hybridized carbons (Fsp3) is 0.250. The van der Waals surface area contributed by atoms with Crippen LogP contribution in [0.5, 0.6) is 0 Å². The Kier molecular flexibility index (Phi) is 5.49. The second kappa shape index (κ2) is 7.56. The van der Waals surface area contributed by atoms with Gasteiger partial charge in [-0.2, -0.15) is 5.26 Å². The normalized spacial score (nSPS) is 11.4. The van der Waals surface area contributed by atoms with Crippen LogP contribution in [0.25, 0.3) is 0 Å². The first kappa shape index (κ1) is 17.4. The number of Topliss-reactive ketones (excluding diaryl/α,β-unsaturated/α-hetero) is 1. The van der Waals surface area contributed by atoms with Gasteiger partial charge in [-0.1, -0.05) is 48.0 Å². The number of para-hydroxylation sites is 1. The van der Waals surface area contributed by atoms with E-state index in [9.17, 15) is 14.9 Å². The number of hydrogen-bond donors (Lipinski definition) is 1. The molecule has 4 nitrogen and oxygen atoms in total. The molecule has 0 aliphatic rings. The lowest BCUT2D eigenvalue weighted by Crippen LogP contribution is -2.30. The van der Waals surface area contributed by atoms with Crippen LogP contribution in [0.15, 0.2) is 42.5 Å². The van der Waals surface area contributed by atoms with Gasteiger partial charge in [0, 0.05) is 12.1 Å². The molecule has 0 unspecified atom stereocenters. The number of hydrogen-bond acceptors (Lipinski definition) is 3. The van der Waals surface area contributed by atoms with E-state index >= 15 is 0 Å². The number of anilines is 1. The van der Waals surface area contributed by atoms with Crippen molar-refractivity contribution in [3.63, 3.8) is 0 Å². The molecule has 2 aromatic rings. The number of amides is 1. The second-order valence-electron chi connectivity index (χ2n) is 5.95. The first-order valence-electron chi connectivity index (χ1n) is 7.77. The van der Waals surface area contributed by atoms with Gasteiger partial charge in [0.05, 0.1) is 6.07 Å². The quantitative estimate of drug-likeness (QED) is 0.857. The van der Waals surface area contributed by atoms with Crippen molar-refractivity contribution in [3.8, 4) is 6.07 Å². The molecule has 4 heteroatoms. The molecular weight excluding hydrogens is 300 g/mol. The van der Waals surface area contributed by atoms with Gasteiger partial charge < -0.3 is 5.32 Å². The third-order valence-corrected chi connectivity index (χ3v) is 3.94. The average Bonchev–Trinajstić information content (AvgIpc) is 2.54. The van der Waals surface area contributed by atoms with Crippen molar-refractivity contribution in [1.29, 1.82) is 5.26 Å². The van der Waals surface area contributed by atoms with Gasteiger partial charge in [0.25, 0.3) is 0 Å². The molecule has 2 aromatic carbocycles. The highest BCUT2D eigenvalue weighted by Crippen LogP contribution is 2.20. The lowest BCUT2D eigenvalue weighted by Gasteiger charge is -2.14. The number of carbonyl (C=O) groups excluding carboxylic acids is 2. The highest BCUT2D eigenvalue weighted by Gasteiger charge is 2.27. The molecular formula is C20H20N2O2. The third kappa shape index (κ3) is 4.08. The maximum absolute atomic E-state index is 12.4. The minimum absolute atomic E-state index is 0.0681. The van der Waals surface area contributed by atoms with Gasteiger partial charge in [0.2, 0.25) is 5.91 Å². The largest absolute Gasteiger partial charge is 0.324 e. The van der Waals surface area contributed by atoms with Crippen LogP contribution in [0.1, 0.15) is 22.3 Å². The number of rotatable bonds is 5. The van der Waals surface area contributed by atoms with Gasteiger partial charge in [0.1, 0.15) is 0 Å². The van der Waals surface area contributed by atoms with Gasteiger partial charge in [-0.3, -0.25) is 9.59 Å². The van der Waals surface area contributed by atoms with Gasteiger partial charge in [-0.25, -0.2) is 0 Å². The molecule has 0 bridgehead atoms. The first-order valence-corrected chi connectivity index (χ1v) is 7.77. The van der Waals surface area contributed by atoms with E-state index < -0.39 is 17.6 Å². The lowest BCUT2D eigenvalue weighted by molar-refractivity contribution is -0.128. The van der Waals surface area contributed by atoms with Crippen molar-refractivity contribution in [2.45, 2.75) is 27.2 Å². The summed E-state index contributed by atoms with van der Waals surface area (Å²) in [5, 5.41) is 12.0. The molecule has 122 valence electrons. The van der Waals surface area contributed by atoms with E-state index in [1.165, 1.54) is 0 Å². The van der Waals surface area contributed by atoms with Crippen LogP contribution in [-0.2, 0) is 16.0 Å². The monoisotopic (exact) mass is 320 g/mol. The number of nitrogens with zero attached hydrogens (tertiary/aromatic N) is 1. The van der Waals surface area contributed by atoms with Crippen molar-refractivity contribution < 1.29 is 9.59 Å². The van der Waals surface area contributed by atoms with Crippen LogP contribution in [0, 0.1) is 38.0 Å². The number of ketones is 1. The first-order chi connectivity index (χ1) is 11.4. The minimum atomic E-state index is -1.31. The molecule has 0 radical (unpaired) electrons. The molecule has 1 atom stereocenters. The molecule has 0 saturated heterocycles. The number of nitriles is 1. The summed E-state index contributed by atoms with van der Waals surface area (Å²) in [4.78, 5) is 24.7. The van der Waals surface area contributed by atoms with E-state index in [4.69, 9.17) is 0 Å². The summed E-state index contributed by atoms with van der Waals surface area (Å²) in [5.74, 6) is -2.29. The van der Waals surface area contributed by atoms with Gasteiger partial charge in [-0.15, -0.1) is 0 Å². The summed E-state index contributed by atoms with van der Waals surface area (Å²) >= 11 is 0. The zero-order chi connectivity index (χ0) is 17.7. The Hall–Kier alpha value is -2.93. The minimum Gasteiger partial charge on any atom is -0.324 e. The number of benzene rings is 2. The summed E-state index contributed by atoms with van der Waals surface area (Å²) < 4.78 is 0. The predicted octanol–water partition coefficient (Wildman–Crippen LogP) is 3.50. The van der Waals surface area contributed by atoms with Crippen LogP contribution in [0.2, 0.25) is 0 Å². The standard InChI is InChI=1S/C20H20N2O2/c1-13-7-9-16(10-8-13)11-18(23)17(12-21)20(24)22-19-14(2)5-4-6-15(19)3/h4-10,17H,11H2,1-3H3,(H,22,24)/t17-/m1/s1. The van der Waals surface area contributed by atoms with E-state index in [1.54, 1.807) is 0 Å². The fourth-order valence-corrected chi connectivity index (χ4v) is 2.49. The van der Waals surface area contributed by atoms with Crippen molar-refractivity contribution in [3.05, 3.63) is 64.7 Å². The molecule has 0 aromatic heterocycles. The van der Waals surface area contributed by atoms with Gasteiger partial charge in [-0.05, 0) is 37.5 Å².